The molecule has 0 aromatic heterocycles. The highest BCUT2D eigenvalue weighted by Crippen LogP contribution is 2.25. The van der Waals surface area contributed by atoms with Gasteiger partial charge in [-0.05, 0) is 43.7 Å². The lowest BCUT2D eigenvalue weighted by Gasteiger charge is -2.12. The number of ketones is 1. The van der Waals surface area contributed by atoms with Crippen LogP contribution in [0, 0.1) is 5.92 Å². The summed E-state index contributed by atoms with van der Waals surface area (Å²) < 4.78 is 11.3. The van der Waals surface area contributed by atoms with E-state index in [-0.39, 0.29) is 18.3 Å². The van der Waals surface area contributed by atoms with Gasteiger partial charge in [-0.2, -0.15) is 0 Å². The van der Waals surface area contributed by atoms with E-state index in [1.807, 2.05) is 62.4 Å². The zero-order valence-electron chi connectivity index (χ0n) is 15.4. The van der Waals surface area contributed by atoms with E-state index in [9.17, 15) is 4.79 Å². The molecule has 2 aromatic carbocycles. The maximum absolute atomic E-state index is 11.5. The molecule has 0 radical (unpaired) electrons. The highest BCUT2D eigenvalue weighted by atomic mass is 16.5. The Kier molecular flexibility index (Phi) is 7.02. The summed E-state index contributed by atoms with van der Waals surface area (Å²) in [5.41, 5.74) is 2.05. The molecule has 2 rings (SSSR count). The minimum absolute atomic E-state index is 0.0109. The third-order valence-corrected chi connectivity index (χ3v) is 3.61. The number of carbonyl (C=O) groups is 1. The van der Waals surface area contributed by atoms with E-state index >= 15 is 0 Å². The zero-order valence-corrected chi connectivity index (χ0v) is 15.4. The van der Waals surface area contributed by atoms with E-state index in [0.29, 0.717) is 12.6 Å². The van der Waals surface area contributed by atoms with Crippen LogP contribution < -0.4 is 10.1 Å². The quantitative estimate of drug-likeness (QED) is 0.694. The second kappa shape index (κ2) is 9.23. The number of hydrogen-bond donors (Lipinski definition) is 1. The van der Waals surface area contributed by atoms with Crippen molar-refractivity contribution >= 4 is 11.5 Å². The summed E-state index contributed by atoms with van der Waals surface area (Å²) in [5.74, 6) is 1.69. The molecule has 25 heavy (non-hydrogen) atoms. The minimum atomic E-state index is 0.0109. The Morgan fingerprint density at radius 2 is 1.72 bits per heavy atom. The summed E-state index contributed by atoms with van der Waals surface area (Å²) in [6.45, 7) is 8.54. The van der Waals surface area contributed by atoms with Crippen molar-refractivity contribution in [3.63, 3.8) is 0 Å². The van der Waals surface area contributed by atoms with Crippen LogP contribution in [0.1, 0.15) is 33.3 Å². The monoisotopic (exact) mass is 341 g/mol. The molecule has 134 valence electrons. The van der Waals surface area contributed by atoms with Crippen molar-refractivity contribution < 1.29 is 14.3 Å². The SMILES string of the molecule is CC(C)Nc1cccc(Oc2ccc(COCC(=O)C(C)C)cc2)c1. The van der Waals surface area contributed by atoms with Crippen LogP contribution in [0.4, 0.5) is 5.69 Å². The van der Waals surface area contributed by atoms with Gasteiger partial charge in [0.25, 0.3) is 0 Å². The first-order valence-corrected chi connectivity index (χ1v) is 8.68. The van der Waals surface area contributed by atoms with E-state index in [1.165, 1.54) is 0 Å². The third-order valence-electron chi connectivity index (χ3n) is 3.61. The topological polar surface area (TPSA) is 47.6 Å². The number of ether oxygens (including phenoxy) is 2. The first-order chi connectivity index (χ1) is 11.9. The first-order valence-electron chi connectivity index (χ1n) is 8.68. The van der Waals surface area contributed by atoms with Crippen molar-refractivity contribution in [2.75, 3.05) is 11.9 Å². The zero-order chi connectivity index (χ0) is 18.2. The number of anilines is 1. The highest BCUT2D eigenvalue weighted by Gasteiger charge is 2.07. The normalized spacial score (nSPS) is 11.0. The number of nitrogens with one attached hydrogen (secondary N) is 1. The number of rotatable bonds is 9. The average Bonchev–Trinajstić information content (AvgIpc) is 2.56. The van der Waals surface area contributed by atoms with Crippen molar-refractivity contribution in [3.05, 3.63) is 54.1 Å². The van der Waals surface area contributed by atoms with Gasteiger partial charge in [-0.15, -0.1) is 0 Å². The summed E-state index contributed by atoms with van der Waals surface area (Å²) in [6.07, 6.45) is 0. The summed E-state index contributed by atoms with van der Waals surface area (Å²) >= 11 is 0. The molecular weight excluding hydrogens is 314 g/mol. The van der Waals surface area contributed by atoms with Gasteiger partial charge in [-0.1, -0.05) is 32.0 Å². The molecule has 0 atom stereocenters. The third kappa shape index (κ3) is 6.59. The summed E-state index contributed by atoms with van der Waals surface area (Å²) in [7, 11) is 0. The fourth-order valence-electron chi connectivity index (χ4n) is 2.21. The molecule has 4 heteroatoms. The lowest BCUT2D eigenvalue weighted by atomic mass is 10.1. The van der Waals surface area contributed by atoms with Gasteiger partial charge in [0.15, 0.2) is 5.78 Å². The Balaban J connectivity index is 1.89. The van der Waals surface area contributed by atoms with Gasteiger partial charge in [0.05, 0.1) is 6.61 Å². The summed E-state index contributed by atoms with van der Waals surface area (Å²) in [5, 5.41) is 3.36. The number of carbonyl (C=O) groups excluding carboxylic acids is 1. The molecule has 0 fully saturated rings. The van der Waals surface area contributed by atoms with Crippen LogP contribution in [0.3, 0.4) is 0 Å². The fourth-order valence-corrected chi connectivity index (χ4v) is 2.21. The van der Waals surface area contributed by atoms with Gasteiger partial charge in [0, 0.05) is 23.7 Å². The van der Waals surface area contributed by atoms with Gasteiger partial charge in [-0.25, -0.2) is 0 Å². The van der Waals surface area contributed by atoms with Crippen molar-refractivity contribution in [3.8, 4) is 11.5 Å². The van der Waals surface area contributed by atoms with Crippen LogP contribution >= 0.6 is 0 Å². The van der Waals surface area contributed by atoms with E-state index in [1.54, 1.807) is 0 Å². The van der Waals surface area contributed by atoms with Crippen molar-refractivity contribution in [2.45, 2.75) is 40.3 Å². The molecule has 2 aromatic rings. The van der Waals surface area contributed by atoms with E-state index in [2.05, 4.69) is 19.2 Å². The van der Waals surface area contributed by atoms with Crippen molar-refractivity contribution in [1.29, 1.82) is 0 Å². The Morgan fingerprint density at radius 3 is 2.36 bits per heavy atom. The van der Waals surface area contributed by atoms with Gasteiger partial charge in [-0.3, -0.25) is 4.79 Å². The number of hydrogen-bond acceptors (Lipinski definition) is 4. The molecule has 0 aliphatic carbocycles. The molecule has 1 N–H and O–H groups in total. The van der Waals surface area contributed by atoms with Gasteiger partial charge < -0.3 is 14.8 Å². The maximum atomic E-state index is 11.5. The number of benzene rings is 2. The molecular formula is C21H27NO3. The molecule has 0 heterocycles. The molecule has 4 nitrogen and oxygen atoms in total. The molecule has 0 spiro atoms. The smallest absolute Gasteiger partial charge is 0.160 e. The van der Waals surface area contributed by atoms with Crippen molar-refractivity contribution in [1.82, 2.24) is 0 Å². The van der Waals surface area contributed by atoms with E-state index in [0.717, 1.165) is 22.7 Å². The molecule has 0 unspecified atom stereocenters. The molecule has 0 aliphatic heterocycles. The molecule has 0 bridgehead atoms. The number of Topliss-reactive ketones (excluding diaryl/α,β-unsaturated/α-hetero) is 1. The van der Waals surface area contributed by atoms with Crippen LogP contribution in [-0.2, 0) is 16.1 Å². The lowest BCUT2D eigenvalue weighted by molar-refractivity contribution is -0.126. The van der Waals surface area contributed by atoms with Crippen LogP contribution in [0.25, 0.3) is 0 Å². The Bertz CT molecular complexity index is 678. The molecule has 0 amide bonds. The maximum Gasteiger partial charge on any atom is 0.160 e. The van der Waals surface area contributed by atoms with Crippen LogP contribution in [0.5, 0.6) is 11.5 Å². The summed E-state index contributed by atoms with van der Waals surface area (Å²) in [4.78, 5) is 11.5. The largest absolute Gasteiger partial charge is 0.457 e. The first kappa shape index (κ1) is 19.0. The van der Waals surface area contributed by atoms with Gasteiger partial charge in [0.1, 0.15) is 18.1 Å². The summed E-state index contributed by atoms with van der Waals surface area (Å²) in [6, 6.07) is 16.0. The highest BCUT2D eigenvalue weighted by molar-refractivity contribution is 5.81. The van der Waals surface area contributed by atoms with Crippen molar-refractivity contribution in [2.24, 2.45) is 5.92 Å². The molecule has 0 aliphatic rings. The second-order valence-electron chi connectivity index (χ2n) is 6.69. The predicted octanol–water partition coefficient (Wildman–Crippen LogP) is 5.04. The van der Waals surface area contributed by atoms with Gasteiger partial charge >= 0.3 is 0 Å². The lowest BCUT2D eigenvalue weighted by Crippen LogP contribution is -2.14. The molecule has 0 saturated carbocycles. The second-order valence-corrected chi connectivity index (χ2v) is 6.69. The Morgan fingerprint density at radius 1 is 1.00 bits per heavy atom. The van der Waals surface area contributed by atoms with Crippen LogP contribution in [-0.4, -0.2) is 18.4 Å². The minimum Gasteiger partial charge on any atom is -0.457 e. The average molecular weight is 341 g/mol. The fraction of sp³-hybridized carbons (Fsp3) is 0.381. The van der Waals surface area contributed by atoms with E-state index in [4.69, 9.17) is 9.47 Å². The van der Waals surface area contributed by atoms with E-state index < -0.39 is 0 Å². The Hall–Kier alpha value is -2.33. The molecule has 0 saturated heterocycles. The standard InChI is InChI=1S/C21H27NO3/c1-15(2)21(23)14-24-13-17-8-10-19(11-9-17)25-20-7-5-6-18(12-20)22-16(3)4/h5-12,15-16,22H,13-14H2,1-4H3. The Labute approximate surface area is 150 Å². The van der Waals surface area contributed by atoms with Crippen LogP contribution in [0.2, 0.25) is 0 Å². The predicted molar refractivity (Wildman–Crippen MR) is 101 cm³/mol. The van der Waals surface area contributed by atoms with Gasteiger partial charge in [0.2, 0.25) is 0 Å². The van der Waals surface area contributed by atoms with Crippen LogP contribution in [0.15, 0.2) is 48.5 Å².